The largest absolute Gasteiger partial charge is 0.375 e. The topological polar surface area (TPSA) is 72.9 Å². The van der Waals surface area contributed by atoms with Crippen LogP contribution in [-0.4, -0.2) is 53.0 Å². The molecule has 0 spiro atoms. The summed E-state index contributed by atoms with van der Waals surface area (Å²) in [4.78, 5) is 17.9. The Balaban J connectivity index is 1.83. The van der Waals surface area contributed by atoms with Crippen molar-refractivity contribution in [2.24, 2.45) is 5.73 Å². The van der Waals surface area contributed by atoms with Crippen LogP contribution < -0.4 is 5.73 Å². The summed E-state index contributed by atoms with van der Waals surface area (Å²) in [6, 6.07) is 6.09. The maximum atomic E-state index is 15.0. The number of benzene rings is 1. The molecule has 0 bridgehead atoms. The number of pyridine rings is 1. The van der Waals surface area contributed by atoms with Gasteiger partial charge in [-0.3, -0.25) is 4.79 Å². The lowest BCUT2D eigenvalue weighted by Gasteiger charge is -2.30. The van der Waals surface area contributed by atoms with Gasteiger partial charge in [0.25, 0.3) is 0 Å². The Hall–Kier alpha value is -2.84. The Morgan fingerprint density at radius 2 is 2.03 bits per heavy atom. The van der Waals surface area contributed by atoms with Crippen LogP contribution in [0.3, 0.4) is 0 Å². The lowest BCUT2D eigenvalue weighted by molar-refractivity contribution is -0.117. The zero-order valence-electron chi connectivity index (χ0n) is 17.0. The standard InChI is InChI=1S/C22H24F2N4O2/c1-13-3-4-28-18(11-15-12-27(2)5-6-30-15)22(26-20(28)7-13)21-16(23)8-14(9-17(21)24)10-19(25)29/h3-4,7-9,15H,5-6,10-12H2,1-2H3,(H2,25,29). The van der Waals surface area contributed by atoms with E-state index in [0.717, 1.165) is 30.8 Å². The number of likely N-dealkylation sites (N-methyl/N-ethyl adjacent to an activating group) is 1. The maximum Gasteiger partial charge on any atom is 0.221 e. The molecule has 1 aromatic carbocycles. The van der Waals surface area contributed by atoms with Crippen LogP contribution in [0.4, 0.5) is 8.78 Å². The van der Waals surface area contributed by atoms with E-state index in [2.05, 4.69) is 9.88 Å². The zero-order valence-corrected chi connectivity index (χ0v) is 17.0. The third-order valence-electron chi connectivity index (χ3n) is 5.36. The van der Waals surface area contributed by atoms with Crippen molar-refractivity contribution in [1.29, 1.82) is 0 Å². The number of imidazole rings is 1. The molecule has 1 saturated heterocycles. The summed E-state index contributed by atoms with van der Waals surface area (Å²) >= 11 is 0. The molecule has 30 heavy (non-hydrogen) atoms. The summed E-state index contributed by atoms with van der Waals surface area (Å²) < 4.78 is 37.7. The number of primary amides is 1. The Morgan fingerprint density at radius 1 is 1.30 bits per heavy atom. The first-order chi connectivity index (χ1) is 14.3. The van der Waals surface area contributed by atoms with Gasteiger partial charge in [-0.2, -0.15) is 0 Å². The minimum Gasteiger partial charge on any atom is -0.375 e. The van der Waals surface area contributed by atoms with Gasteiger partial charge in [0.2, 0.25) is 5.91 Å². The fourth-order valence-corrected chi connectivity index (χ4v) is 3.95. The van der Waals surface area contributed by atoms with Crippen LogP contribution in [0.5, 0.6) is 0 Å². The van der Waals surface area contributed by atoms with Crippen molar-refractivity contribution in [3.63, 3.8) is 0 Å². The molecule has 0 saturated carbocycles. The highest BCUT2D eigenvalue weighted by atomic mass is 19.1. The number of ether oxygens (including phenoxy) is 1. The van der Waals surface area contributed by atoms with E-state index in [4.69, 9.17) is 10.5 Å². The number of nitrogens with two attached hydrogens (primary N) is 1. The van der Waals surface area contributed by atoms with Crippen molar-refractivity contribution >= 4 is 11.6 Å². The summed E-state index contributed by atoms with van der Waals surface area (Å²) in [5, 5.41) is 0. The first-order valence-electron chi connectivity index (χ1n) is 9.86. The van der Waals surface area contributed by atoms with Gasteiger partial charge in [-0.25, -0.2) is 13.8 Å². The van der Waals surface area contributed by atoms with Gasteiger partial charge in [-0.1, -0.05) is 0 Å². The summed E-state index contributed by atoms with van der Waals surface area (Å²) in [7, 11) is 2.02. The molecule has 1 fully saturated rings. The molecule has 1 unspecified atom stereocenters. The summed E-state index contributed by atoms with van der Waals surface area (Å²) in [6.07, 6.45) is 1.99. The quantitative estimate of drug-likeness (QED) is 0.696. The van der Waals surface area contributed by atoms with Crippen molar-refractivity contribution in [2.75, 3.05) is 26.7 Å². The number of fused-ring (bicyclic) bond motifs is 1. The predicted octanol–water partition coefficient (Wildman–Crippen LogP) is 2.49. The predicted molar refractivity (Wildman–Crippen MR) is 109 cm³/mol. The summed E-state index contributed by atoms with van der Waals surface area (Å²) in [5.41, 5.74) is 7.70. The molecule has 1 aliphatic rings. The molecule has 2 N–H and O–H groups in total. The normalized spacial score (nSPS) is 17.5. The maximum absolute atomic E-state index is 15.0. The number of halogens is 2. The van der Waals surface area contributed by atoms with Crippen LogP contribution in [0.2, 0.25) is 0 Å². The zero-order chi connectivity index (χ0) is 21.4. The number of carbonyl (C=O) groups excluding carboxylic acids is 1. The number of hydrogen-bond acceptors (Lipinski definition) is 4. The second kappa shape index (κ2) is 8.12. The molecule has 2 aromatic heterocycles. The van der Waals surface area contributed by atoms with Crippen LogP contribution in [-0.2, 0) is 22.4 Å². The van der Waals surface area contributed by atoms with Crippen LogP contribution >= 0.6 is 0 Å². The van der Waals surface area contributed by atoms with Crippen LogP contribution in [0.15, 0.2) is 30.5 Å². The van der Waals surface area contributed by atoms with Crippen molar-refractivity contribution in [1.82, 2.24) is 14.3 Å². The second-order valence-electron chi connectivity index (χ2n) is 7.88. The monoisotopic (exact) mass is 414 g/mol. The van der Waals surface area contributed by atoms with Crippen molar-refractivity contribution in [2.45, 2.75) is 25.9 Å². The Bertz CT molecular complexity index is 1090. The molecule has 1 aliphatic heterocycles. The molecule has 1 amide bonds. The van der Waals surface area contributed by atoms with Crippen LogP contribution in [0.1, 0.15) is 16.8 Å². The Kier molecular flexibility index (Phi) is 5.53. The first-order valence-corrected chi connectivity index (χ1v) is 9.86. The molecule has 8 heteroatoms. The second-order valence-corrected chi connectivity index (χ2v) is 7.88. The number of aryl methyl sites for hydroxylation is 1. The molecular weight excluding hydrogens is 390 g/mol. The summed E-state index contributed by atoms with van der Waals surface area (Å²) in [5.74, 6) is -2.19. The van der Waals surface area contributed by atoms with Gasteiger partial charge in [0.05, 0.1) is 36.1 Å². The first kappa shape index (κ1) is 20.4. The van der Waals surface area contributed by atoms with Gasteiger partial charge in [0.15, 0.2) is 0 Å². The van der Waals surface area contributed by atoms with Gasteiger partial charge >= 0.3 is 0 Å². The molecule has 1 atom stereocenters. The van der Waals surface area contributed by atoms with E-state index in [9.17, 15) is 13.6 Å². The average molecular weight is 414 g/mol. The van der Waals surface area contributed by atoms with Gasteiger partial charge in [0, 0.05) is 25.7 Å². The molecule has 158 valence electrons. The third kappa shape index (κ3) is 4.06. The van der Waals surface area contributed by atoms with Crippen LogP contribution in [0.25, 0.3) is 16.9 Å². The van der Waals surface area contributed by atoms with Gasteiger partial charge < -0.3 is 19.8 Å². The third-order valence-corrected chi connectivity index (χ3v) is 5.36. The number of nitrogens with zero attached hydrogens (tertiary/aromatic N) is 3. The van der Waals surface area contributed by atoms with Crippen molar-refractivity contribution in [3.8, 4) is 11.3 Å². The lowest BCUT2D eigenvalue weighted by Crippen LogP contribution is -2.41. The molecule has 6 nitrogen and oxygen atoms in total. The molecular formula is C22H24F2N4O2. The van der Waals surface area contributed by atoms with E-state index in [0.29, 0.717) is 24.4 Å². The van der Waals surface area contributed by atoms with E-state index in [1.165, 1.54) is 0 Å². The van der Waals surface area contributed by atoms with Crippen molar-refractivity contribution < 1.29 is 18.3 Å². The minimum atomic E-state index is -0.769. The number of carbonyl (C=O) groups is 1. The smallest absolute Gasteiger partial charge is 0.221 e. The fraction of sp³-hybridized carbons (Fsp3) is 0.364. The van der Waals surface area contributed by atoms with Gasteiger partial charge in [-0.15, -0.1) is 0 Å². The van der Waals surface area contributed by atoms with E-state index in [-0.39, 0.29) is 29.3 Å². The van der Waals surface area contributed by atoms with Gasteiger partial charge in [-0.05, 0) is 49.4 Å². The molecule has 3 heterocycles. The number of rotatable bonds is 5. The number of amides is 1. The SMILES string of the molecule is Cc1ccn2c(CC3CN(C)CCO3)c(-c3c(F)cc(CC(N)=O)cc3F)nc2c1. The highest BCUT2D eigenvalue weighted by molar-refractivity contribution is 5.77. The molecule has 0 aliphatic carbocycles. The molecule has 0 radical (unpaired) electrons. The lowest BCUT2D eigenvalue weighted by atomic mass is 10.0. The Morgan fingerprint density at radius 3 is 2.70 bits per heavy atom. The summed E-state index contributed by atoms with van der Waals surface area (Å²) in [6.45, 7) is 4.12. The highest BCUT2D eigenvalue weighted by Gasteiger charge is 2.26. The fourth-order valence-electron chi connectivity index (χ4n) is 3.95. The van der Waals surface area contributed by atoms with E-state index < -0.39 is 17.5 Å². The highest BCUT2D eigenvalue weighted by Crippen LogP contribution is 2.32. The minimum absolute atomic E-state index is 0.107. The molecule has 3 aromatic rings. The number of hydrogen-bond donors (Lipinski definition) is 1. The molecule has 4 rings (SSSR count). The van der Waals surface area contributed by atoms with E-state index in [1.807, 2.05) is 36.7 Å². The van der Waals surface area contributed by atoms with Gasteiger partial charge in [0.1, 0.15) is 17.3 Å². The number of aromatic nitrogens is 2. The van der Waals surface area contributed by atoms with E-state index >= 15 is 0 Å². The Labute approximate surface area is 173 Å². The number of morpholine rings is 1. The van der Waals surface area contributed by atoms with Crippen LogP contribution in [0, 0.1) is 18.6 Å². The van der Waals surface area contributed by atoms with Crippen molar-refractivity contribution in [3.05, 3.63) is 58.9 Å². The van der Waals surface area contributed by atoms with E-state index in [1.54, 1.807) is 0 Å². The average Bonchev–Trinajstić information content (AvgIpc) is 2.97.